The van der Waals surface area contributed by atoms with E-state index in [0.29, 0.717) is 39.3 Å². The molecule has 6 heteroatoms. The van der Waals surface area contributed by atoms with Crippen LogP contribution in [0.1, 0.15) is 32.6 Å². The number of hydrogen-bond acceptors (Lipinski definition) is 4. The first-order valence-corrected chi connectivity index (χ1v) is 7.51. The molecule has 0 saturated carbocycles. The van der Waals surface area contributed by atoms with Gasteiger partial charge in [0.15, 0.2) is 0 Å². The van der Waals surface area contributed by atoms with E-state index in [0.717, 1.165) is 25.8 Å². The number of carbonyl (C=O) groups excluding carboxylic acids is 2. The van der Waals surface area contributed by atoms with Gasteiger partial charge in [0.2, 0.25) is 11.8 Å². The monoisotopic (exact) mass is 283 g/mol. The zero-order valence-corrected chi connectivity index (χ0v) is 12.2. The van der Waals surface area contributed by atoms with Crippen molar-refractivity contribution >= 4 is 11.8 Å². The lowest BCUT2D eigenvalue weighted by molar-refractivity contribution is -0.135. The lowest BCUT2D eigenvalue weighted by Crippen LogP contribution is -2.57. The van der Waals surface area contributed by atoms with E-state index in [9.17, 15) is 9.59 Å². The Kier molecular flexibility index (Phi) is 5.37. The second kappa shape index (κ2) is 7.04. The zero-order valence-electron chi connectivity index (χ0n) is 12.2. The Morgan fingerprint density at radius 1 is 1.30 bits per heavy atom. The molecule has 0 radical (unpaired) electrons. The fraction of sp³-hybridized carbons (Fsp3) is 0.857. The van der Waals surface area contributed by atoms with Crippen LogP contribution in [0.5, 0.6) is 0 Å². The van der Waals surface area contributed by atoms with Gasteiger partial charge >= 0.3 is 0 Å². The maximum Gasteiger partial charge on any atom is 0.240 e. The molecule has 2 amide bonds. The molecule has 2 saturated heterocycles. The fourth-order valence-corrected chi connectivity index (χ4v) is 2.70. The van der Waals surface area contributed by atoms with E-state index in [1.165, 1.54) is 0 Å². The molecule has 2 aliphatic heterocycles. The lowest BCUT2D eigenvalue weighted by Gasteiger charge is -2.33. The molecule has 6 nitrogen and oxygen atoms in total. The van der Waals surface area contributed by atoms with Gasteiger partial charge in [-0.15, -0.1) is 0 Å². The molecule has 1 atom stereocenters. The maximum atomic E-state index is 12.2. The van der Waals surface area contributed by atoms with Crippen LogP contribution in [0, 0.1) is 0 Å². The largest absolute Gasteiger partial charge is 0.378 e. The van der Waals surface area contributed by atoms with Gasteiger partial charge in [0, 0.05) is 26.1 Å². The molecule has 2 rings (SSSR count). The van der Waals surface area contributed by atoms with Gasteiger partial charge in [-0.2, -0.15) is 0 Å². The number of hydrogen-bond donors (Lipinski definition) is 2. The topological polar surface area (TPSA) is 70.7 Å². The molecule has 0 spiro atoms. The van der Waals surface area contributed by atoms with Crippen molar-refractivity contribution in [2.75, 3.05) is 39.4 Å². The molecule has 0 aromatic heterocycles. The summed E-state index contributed by atoms with van der Waals surface area (Å²) in [6.07, 6.45) is 3.42. The standard InChI is InChI=1S/C14H25N3O3/c1-14(5-2-3-6-16-14)13(19)15-7-4-12(18)17-8-10-20-11-9-17/h16H,2-11H2,1H3,(H,15,19). The lowest BCUT2D eigenvalue weighted by atomic mass is 9.90. The average molecular weight is 283 g/mol. The number of morpholine rings is 1. The van der Waals surface area contributed by atoms with Gasteiger partial charge in [-0.05, 0) is 32.7 Å². The second-order valence-corrected chi connectivity index (χ2v) is 5.72. The Morgan fingerprint density at radius 2 is 2.05 bits per heavy atom. The SMILES string of the molecule is CC1(C(=O)NCCC(=O)N2CCOCC2)CCCCN1. The minimum absolute atomic E-state index is 0.00646. The number of amides is 2. The Morgan fingerprint density at radius 3 is 2.70 bits per heavy atom. The summed E-state index contributed by atoms with van der Waals surface area (Å²) in [5.41, 5.74) is -0.472. The molecule has 0 aromatic carbocycles. The van der Waals surface area contributed by atoms with Gasteiger partial charge in [0.25, 0.3) is 0 Å². The minimum Gasteiger partial charge on any atom is -0.378 e. The highest BCUT2D eigenvalue weighted by molar-refractivity contribution is 5.86. The summed E-state index contributed by atoms with van der Waals surface area (Å²) in [7, 11) is 0. The number of ether oxygens (including phenoxy) is 1. The van der Waals surface area contributed by atoms with Gasteiger partial charge in [-0.3, -0.25) is 9.59 Å². The van der Waals surface area contributed by atoms with Crippen molar-refractivity contribution in [3.8, 4) is 0 Å². The third-order valence-corrected chi connectivity index (χ3v) is 4.11. The number of nitrogens with one attached hydrogen (secondary N) is 2. The fourth-order valence-electron chi connectivity index (χ4n) is 2.70. The molecular weight excluding hydrogens is 258 g/mol. The zero-order chi connectivity index (χ0) is 14.4. The van der Waals surface area contributed by atoms with Crippen molar-refractivity contribution in [3.05, 3.63) is 0 Å². The van der Waals surface area contributed by atoms with Crippen LogP contribution in [-0.2, 0) is 14.3 Å². The van der Waals surface area contributed by atoms with E-state index >= 15 is 0 Å². The van der Waals surface area contributed by atoms with Gasteiger partial charge in [-0.1, -0.05) is 0 Å². The first kappa shape index (κ1) is 15.3. The van der Waals surface area contributed by atoms with Crippen LogP contribution in [0.2, 0.25) is 0 Å². The summed E-state index contributed by atoms with van der Waals surface area (Å²) in [5.74, 6) is 0.0994. The highest BCUT2D eigenvalue weighted by atomic mass is 16.5. The summed E-state index contributed by atoms with van der Waals surface area (Å²) in [6, 6.07) is 0. The molecule has 2 fully saturated rings. The van der Waals surface area contributed by atoms with Crippen LogP contribution in [0.15, 0.2) is 0 Å². The first-order valence-electron chi connectivity index (χ1n) is 7.51. The smallest absolute Gasteiger partial charge is 0.240 e. The highest BCUT2D eigenvalue weighted by Gasteiger charge is 2.33. The second-order valence-electron chi connectivity index (χ2n) is 5.72. The quantitative estimate of drug-likeness (QED) is 0.755. The van der Waals surface area contributed by atoms with Crippen LogP contribution in [0.4, 0.5) is 0 Å². The van der Waals surface area contributed by atoms with Crippen molar-refractivity contribution < 1.29 is 14.3 Å². The molecule has 20 heavy (non-hydrogen) atoms. The van der Waals surface area contributed by atoms with Crippen LogP contribution in [-0.4, -0.2) is 61.6 Å². The number of nitrogens with zero attached hydrogens (tertiary/aromatic N) is 1. The van der Waals surface area contributed by atoms with E-state index in [1.807, 2.05) is 6.92 Å². The highest BCUT2D eigenvalue weighted by Crippen LogP contribution is 2.18. The number of rotatable bonds is 4. The summed E-state index contributed by atoms with van der Waals surface area (Å²) in [5, 5.41) is 6.16. The van der Waals surface area contributed by atoms with Crippen molar-refractivity contribution in [3.63, 3.8) is 0 Å². The molecule has 2 N–H and O–H groups in total. The minimum atomic E-state index is -0.472. The molecule has 0 aliphatic carbocycles. The molecular formula is C14H25N3O3. The number of carbonyl (C=O) groups is 2. The first-order chi connectivity index (χ1) is 9.62. The van der Waals surface area contributed by atoms with E-state index in [-0.39, 0.29) is 11.8 Å². The van der Waals surface area contributed by atoms with Crippen molar-refractivity contribution in [1.82, 2.24) is 15.5 Å². The van der Waals surface area contributed by atoms with E-state index in [4.69, 9.17) is 4.74 Å². The molecule has 0 aromatic rings. The van der Waals surface area contributed by atoms with Gasteiger partial charge in [-0.25, -0.2) is 0 Å². The van der Waals surface area contributed by atoms with Crippen LogP contribution >= 0.6 is 0 Å². The Balaban J connectivity index is 1.69. The summed E-state index contributed by atoms with van der Waals surface area (Å²) >= 11 is 0. The van der Waals surface area contributed by atoms with Crippen molar-refractivity contribution in [2.24, 2.45) is 0 Å². The van der Waals surface area contributed by atoms with E-state index in [1.54, 1.807) is 4.90 Å². The molecule has 2 aliphatic rings. The van der Waals surface area contributed by atoms with Gasteiger partial charge in [0.05, 0.1) is 18.8 Å². The molecule has 1 unspecified atom stereocenters. The van der Waals surface area contributed by atoms with Crippen LogP contribution in [0.3, 0.4) is 0 Å². The normalized spacial score (nSPS) is 27.1. The van der Waals surface area contributed by atoms with Crippen LogP contribution < -0.4 is 10.6 Å². The summed E-state index contributed by atoms with van der Waals surface area (Å²) in [6.45, 7) is 5.77. The average Bonchev–Trinajstić information content (AvgIpc) is 2.48. The van der Waals surface area contributed by atoms with Gasteiger partial charge < -0.3 is 20.3 Å². The Bertz CT molecular complexity index is 348. The van der Waals surface area contributed by atoms with Crippen molar-refractivity contribution in [1.29, 1.82) is 0 Å². The maximum absolute atomic E-state index is 12.2. The van der Waals surface area contributed by atoms with E-state index < -0.39 is 5.54 Å². The predicted octanol–water partition coefficient (Wildman–Crippen LogP) is -0.116. The molecule has 0 bridgehead atoms. The Labute approximate surface area is 120 Å². The van der Waals surface area contributed by atoms with Crippen molar-refractivity contribution in [2.45, 2.75) is 38.1 Å². The van der Waals surface area contributed by atoms with E-state index in [2.05, 4.69) is 10.6 Å². The predicted molar refractivity (Wildman–Crippen MR) is 75.3 cm³/mol. The third-order valence-electron chi connectivity index (χ3n) is 4.11. The molecule has 2 heterocycles. The Hall–Kier alpha value is -1.14. The summed E-state index contributed by atoms with van der Waals surface area (Å²) in [4.78, 5) is 25.9. The number of piperidine rings is 1. The third kappa shape index (κ3) is 3.93. The molecule has 114 valence electrons. The van der Waals surface area contributed by atoms with Gasteiger partial charge in [0.1, 0.15) is 0 Å². The summed E-state index contributed by atoms with van der Waals surface area (Å²) < 4.78 is 5.21. The van der Waals surface area contributed by atoms with Crippen LogP contribution in [0.25, 0.3) is 0 Å².